The molecule has 0 saturated carbocycles. The Labute approximate surface area is 132 Å². The van der Waals surface area contributed by atoms with Crippen molar-refractivity contribution in [2.45, 2.75) is 25.4 Å². The lowest BCUT2D eigenvalue weighted by Crippen LogP contribution is -2.41. The van der Waals surface area contributed by atoms with Gasteiger partial charge in [0.2, 0.25) is 0 Å². The molecule has 116 valence electrons. The molecule has 0 bridgehead atoms. The van der Waals surface area contributed by atoms with E-state index in [4.69, 9.17) is 10.5 Å². The first kappa shape index (κ1) is 16.4. The van der Waals surface area contributed by atoms with Crippen LogP contribution in [0.5, 0.6) is 0 Å². The number of hydrogen-bond acceptors (Lipinski definition) is 3. The van der Waals surface area contributed by atoms with Gasteiger partial charge in [-0.1, -0.05) is 0 Å². The summed E-state index contributed by atoms with van der Waals surface area (Å²) in [5.74, 6) is -0.539. The second-order valence-corrected chi connectivity index (χ2v) is 5.98. The highest BCUT2D eigenvalue weighted by Gasteiger charge is 2.25. The Morgan fingerprint density at radius 2 is 2.14 bits per heavy atom. The number of piperidine rings is 1. The molecule has 0 aromatic heterocycles. The Balaban J connectivity index is 1.89. The molecule has 2 N–H and O–H groups in total. The van der Waals surface area contributed by atoms with E-state index in [0.717, 1.165) is 19.3 Å². The molecule has 0 radical (unpaired) electrons. The van der Waals surface area contributed by atoms with Crippen molar-refractivity contribution in [3.63, 3.8) is 0 Å². The summed E-state index contributed by atoms with van der Waals surface area (Å²) in [4.78, 5) is 14.2. The van der Waals surface area contributed by atoms with Crippen molar-refractivity contribution in [1.29, 1.82) is 0 Å². The van der Waals surface area contributed by atoms with Gasteiger partial charge in [-0.15, -0.1) is 0 Å². The molecule has 1 aliphatic rings. The zero-order valence-electron chi connectivity index (χ0n) is 11.9. The van der Waals surface area contributed by atoms with Crippen LogP contribution in [0.1, 0.15) is 29.6 Å². The van der Waals surface area contributed by atoms with E-state index in [1.165, 1.54) is 12.1 Å². The molecule has 1 aromatic carbocycles. The number of benzene rings is 1. The molecule has 1 aliphatic heterocycles. The Hall–Kier alpha value is -0.980. The van der Waals surface area contributed by atoms with Crippen LogP contribution in [-0.2, 0) is 4.74 Å². The van der Waals surface area contributed by atoms with E-state index in [-0.39, 0.29) is 12.0 Å². The fraction of sp³-hybridized carbons (Fsp3) is 0.533. The summed E-state index contributed by atoms with van der Waals surface area (Å²) in [7, 11) is 0. The average molecular weight is 359 g/mol. The molecule has 2 rings (SSSR count). The molecular formula is C15H20BrFN2O2. The van der Waals surface area contributed by atoms with Gasteiger partial charge >= 0.3 is 0 Å². The van der Waals surface area contributed by atoms with E-state index < -0.39 is 5.82 Å². The Kier molecular flexibility index (Phi) is 6.14. The summed E-state index contributed by atoms with van der Waals surface area (Å²) in [6, 6.07) is 4.17. The largest absolute Gasteiger partial charge is 0.378 e. The van der Waals surface area contributed by atoms with Crippen molar-refractivity contribution in [2.75, 3.05) is 26.2 Å². The Bertz CT molecular complexity index is 491. The van der Waals surface area contributed by atoms with Crippen LogP contribution in [0.15, 0.2) is 22.7 Å². The zero-order valence-corrected chi connectivity index (χ0v) is 13.4. The molecule has 1 amide bonds. The van der Waals surface area contributed by atoms with Gasteiger partial charge in [-0.25, -0.2) is 4.39 Å². The molecule has 21 heavy (non-hydrogen) atoms. The van der Waals surface area contributed by atoms with E-state index >= 15 is 0 Å². The maximum atomic E-state index is 13.3. The summed E-state index contributed by atoms with van der Waals surface area (Å²) >= 11 is 3.30. The van der Waals surface area contributed by atoms with Gasteiger partial charge in [0.1, 0.15) is 5.82 Å². The van der Waals surface area contributed by atoms with Crippen LogP contribution in [0, 0.1) is 5.82 Å². The molecule has 0 unspecified atom stereocenters. The minimum Gasteiger partial charge on any atom is -0.378 e. The summed E-state index contributed by atoms with van der Waals surface area (Å²) in [5, 5.41) is 0. The fourth-order valence-corrected chi connectivity index (χ4v) is 2.81. The number of halogens is 2. The van der Waals surface area contributed by atoms with Crippen LogP contribution >= 0.6 is 15.9 Å². The Morgan fingerprint density at radius 1 is 1.43 bits per heavy atom. The van der Waals surface area contributed by atoms with Crippen LogP contribution in [0.2, 0.25) is 0 Å². The van der Waals surface area contributed by atoms with E-state index in [9.17, 15) is 9.18 Å². The normalized spacial score (nSPS) is 16.2. The predicted octanol–water partition coefficient (Wildman–Crippen LogP) is 2.56. The van der Waals surface area contributed by atoms with Crippen LogP contribution in [0.3, 0.4) is 0 Å². The first-order chi connectivity index (χ1) is 10.1. The third-order valence-electron chi connectivity index (χ3n) is 3.59. The average Bonchev–Trinajstić information content (AvgIpc) is 2.50. The van der Waals surface area contributed by atoms with Gasteiger partial charge in [0.25, 0.3) is 5.91 Å². The first-order valence-corrected chi connectivity index (χ1v) is 7.97. The second kappa shape index (κ2) is 7.87. The lowest BCUT2D eigenvalue weighted by atomic mass is 10.1. The van der Waals surface area contributed by atoms with Gasteiger partial charge in [-0.2, -0.15) is 0 Å². The number of hydrogen-bond donors (Lipinski definition) is 1. The van der Waals surface area contributed by atoms with Crippen molar-refractivity contribution in [1.82, 2.24) is 4.90 Å². The smallest absolute Gasteiger partial charge is 0.255 e. The molecule has 1 fully saturated rings. The maximum Gasteiger partial charge on any atom is 0.255 e. The Morgan fingerprint density at radius 3 is 2.81 bits per heavy atom. The highest BCUT2D eigenvalue weighted by Crippen LogP contribution is 2.22. The van der Waals surface area contributed by atoms with Gasteiger partial charge in [0, 0.05) is 24.2 Å². The number of rotatable bonds is 5. The number of ether oxygens (including phenoxy) is 1. The fourth-order valence-electron chi connectivity index (χ4n) is 2.39. The monoisotopic (exact) mass is 358 g/mol. The van der Waals surface area contributed by atoms with E-state index in [1.807, 2.05) is 0 Å². The van der Waals surface area contributed by atoms with Crippen LogP contribution in [-0.4, -0.2) is 43.2 Å². The second-order valence-electron chi connectivity index (χ2n) is 5.13. The number of nitrogens with two attached hydrogens (primary N) is 1. The molecule has 1 saturated heterocycles. The molecular weight excluding hydrogens is 339 g/mol. The van der Waals surface area contributed by atoms with Crippen molar-refractivity contribution in [3.05, 3.63) is 34.1 Å². The molecule has 0 spiro atoms. The van der Waals surface area contributed by atoms with E-state index in [0.29, 0.717) is 36.3 Å². The minimum absolute atomic E-state index is 0.137. The predicted molar refractivity (Wildman–Crippen MR) is 82.6 cm³/mol. The highest BCUT2D eigenvalue weighted by atomic mass is 79.9. The molecule has 4 nitrogen and oxygen atoms in total. The summed E-state index contributed by atoms with van der Waals surface area (Å²) in [6.45, 7) is 2.57. The van der Waals surface area contributed by atoms with Gasteiger partial charge in [-0.05, 0) is 59.9 Å². The molecule has 0 atom stereocenters. The molecule has 1 aromatic rings. The van der Waals surface area contributed by atoms with Gasteiger partial charge in [0.15, 0.2) is 0 Å². The molecule has 1 heterocycles. The third-order valence-corrected chi connectivity index (χ3v) is 4.28. The summed E-state index contributed by atoms with van der Waals surface area (Å²) in [5.41, 5.74) is 5.80. The van der Waals surface area contributed by atoms with Crippen molar-refractivity contribution >= 4 is 21.8 Å². The van der Waals surface area contributed by atoms with Gasteiger partial charge in [-0.3, -0.25) is 4.79 Å². The van der Waals surface area contributed by atoms with E-state index in [1.54, 1.807) is 11.0 Å². The minimum atomic E-state index is -0.401. The number of carbonyl (C=O) groups is 1. The van der Waals surface area contributed by atoms with Crippen LogP contribution in [0.4, 0.5) is 4.39 Å². The summed E-state index contributed by atoms with van der Waals surface area (Å²) < 4.78 is 19.6. The third kappa shape index (κ3) is 4.49. The lowest BCUT2D eigenvalue weighted by Gasteiger charge is -2.32. The number of likely N-dealkylation sites (tertiary alicyclic amines) is 1. The van der Waals surface area contributed by atoms with Gasteiger partial charge < -0.3 is 15.4 Å². The maximum absolute atomic E-state index is 13.3. The summed E-state index contributed by atoms with van der Waals surface area (Å²) in [6.07, 6.45) is 2.67. The van der Waals surface area contributed by atoms with Crippen molar-refractivity contribution in [3.8, 4) is 0 Å². The lowest BCUT2D eigenvalue weighted by molar-refractivity contribution is 0.00841. The number of nitrogens with zero attached hydrogens (tertiary/aromatic N) is 1. The SMILES string of the molecule is NCCCOC1CCN(C(=O)c2cc(F)ccc2Br)CC1. The quantitative estimate of drug-likeness (QED) is 0.823. The topological polar surface area (TPSA) is 55.6 Å². The molecule has 6 heteroatoms. The standard InChI is InChI=1S/C15H20BrFN2O2/c16-14-3-2-11(17)10-13(14)15(20)19-7-4-12(5-8-19)21-9-1-6-18/h2-3,10,12H,1,4-9,18H2. The molecule has 0 aliphatic carbocycles. The highest BCUT2D eigenvalue weighted by molar-refractivity contribution is 9.10. The van der Waals surface area contributed by atoms with Crippen molar-refractivity contribution in [2.24, 2.45) is 5.73 Å². The van der Waals surface area contributed by atoms with Gasteiger partial charge in [0.05, 0.1) is 11.7 Å². The number of amides is 1. The zero-order chi connectivity index (χ0) is 15.2. The van der Waals surface area contributed by atoms with Crippen LogP contribution < -0.4 is 5.73 Å². The van der Waals surface area contributed by atoms with E-state index in [2.05, 4.69) is 15.9 Å². The van der Waals surface area contributed by atoms with Crippen molar-refractivity contribution < 1.29 is 13.9 Å². The number of carbonyl (C=O) groups excluding carboxylic acids is 1. The first-order valence-electron chi connectivity index (χ1n) is 7.18. The van der Waals surface area contributed by atoms with Crippen LogP contribution in [0.25, 0.3) is 0 Å².